The average molecular weight is 328 g/mol. The molecule has 1 saturated heterocycles. The van der Waals surface area contributed by atoms with Crippen molar-refractivity contribution in [1.29, 1.82) is 0 Å². The molecule has 1 atom stereocenters. The van der Waals surface area contributed by atoms with Gasteiger partial charge in [-0.1, -0.05) is 37.6 Å². The molecular weight excluding hydrogens is 300 g/mol. The van der Waals surface area contributed by atoms with Crippen molar-refractivity contribution in [2.24, 2.45) is 0 Å². The van der Waals surface area contributed by atoms with Gasteiger partial charge < -0.3 is 9.26 Å². The summed E-state index contributed by atoms with van der Waals surface area (Å²) >= 11 is 0. The third-order valence-electron chi connectivity index (χ3n) is 4.71. The smallest absolute Gasteiger partial charge is 0.154 e. The first kappa shape index (κ1) is 17.0. The lowest BCUT2D eigenvalue weighted by atomic mass is 10.1. The van der Waals surface area contributed by atoms with Gasteiger partial charge in [0.2, 0.25) is 0 Å². The van der Waals surface area contributed by atoms with Crippen LogP contribution in [0.4, 0.5) is 0 Å². The summed E-state index contributed by atoms with van der Waals surface area (Å²) in [6, 6.07) is 11.0. The van der Waals surface area contributed by atoms with Crippen LogP contribution in [-0.2, 0) is 13.0 Å². The van der Waals surface area contributed by atoms with Crippen LogP contribution in [-0.4, -0.2) is 23.2 Å². The van der Waals surface area contributed by atoms with Crippen LogP contribution in [0.3, 0.4) is 0 Å². The van der Waals surface area contributed by atoms with Crippen molar-refractivity contribution in [2.75, 3.05) is 13.2 Å². The van der Waals surface area contributed by atoms with E-state index in [1.165, 1.54) is 12.0 Å². The molecule has 0 spiro atoms. The summed E-state index contributed by atoms with van der Waals surface area (Å²) in [6.45, 7) is 7.15. The van der Waals surface area contributed by atoms with Crippen LogP contribution in [0.25, 0.3) is 0 Å². The highest BCUT2D eigenvalue weighted by molar-refractivity contribution is 5.27. The highest BCUT2D eigenvalue weighted by Gasteiger charge is 2.29. The molecule has 1 fully saturated rings. The number of aryl methyl sites for hydroxylation is 1. The zero-order valence-corrected chi connectivity index (χ0v) is 14.8. The zero-order valence-electron chi connectivity index (χ0n) is 14.8. The van der Waals surface area contributed by atoms with Gasteiger partial charge >= 0.3 is 0 Å². The van der Waals surface area contributed by atoms with Crippen molar-refractivity contribution < 1.29 is 9.26 Å². The SMILES string of the molecule is CCCCOc1ccc(CN2CCC[C@H]2c2cc(CC)no2)cc1. The van der Waals surface area contributed by atoms with Crippen molar-refractivity contribution in [1.82, 2.24) is 10.1 Å². The lowest BCUT2D eigenvalue weighted by molar-refractivity contribution is 0.206. The Morgan fingerprint density at radius 2 is 2.08 bits per heavy atom. The van der Waals surface area contributed by atoms with E-state index in [4.69, 9.17) is 9.26 Å². The predicted octanol–water partition coefficient (Wildman–Crippen LogP) is 4.75. The largest absolute Gasteiger partial charge is 0.494 e. The van der Waals surface area contributed by atoms with Crippen LogP contribution in [0.5, 0.6) is 5.75 Å². The molecule has 0 aliphatic carbocycles. The summed E-state index contributed by atoms with van der Waals surface area (Å²) in [6.07, 6.45) is 5.56. The monoisotopic (exact) mass is 328 g/mol. The number of rotatable bonds is 8. The van der Waals surface area contributed by atoms with E-state index in [1.54, 1.807) is 0 Å². The molecule has 1 aliphatic heterocycles. The van der Waals surface area contributed by atoms with E-state index in [1.807, 2.05) is 0 Å². The molecule has 24 heavy (non-hydrogen) atoms. The maximum Gasteiger partial charge on any atom is 0.154 e. The second-order valence-corrected chi connectivity index (χ2v) is 6.55. The highest BCUT2D eigenvalue weighted by atomic mass is 16.5. The van der Waals surface area contributed by atoms with E-state index in [2.05, 4.69) is 54.2 Å². The Labute approximate surface area is 144 Å². The minimum Gasteiger partial charge on any atom is -0.494 e. The number of nitrogens with zero attached hydrogens (tertiary/aromatic N) is 2. The zero-order chi connectivity index (χ0) is 16.8. The maximum atomic E-state index is 5.74. The topological polar surface area (TPSA) is 38.5 Å². The average Bonchev–Trinajstić information content (AvgIpc) is 3.25. The molecule has 1 aromatic carbocycles. The summed E-state index contributed by atoms with van der Waals surface area (Å²) in [5.74, 6) is 1.98. The van der Waals surface area contributed by atoms with Gasteiger partial charge in [0, 0.05) is 12.6 Å². The van der Waals surface area contributed by atoms with Gasteiger partial charge in [-0.15, -0.1) is 0 Å². The second kappa shape index (κ2) is 8.34. The first-order chi connectivity index (χ1) is 11.8. The van der Waals surface area contributed by atoms with Gasteiger partial charge in [0.05, 0.1) is 18.3 Å². The number of likely N-dealkylation sites (tertiary alicyclic amines) is 1. The van der Waals surface area contributed by atoms with Gasteiger partial charge in [-0.3, -0.25) is 4.90 Å². The minimum atomic E-state index is 0.360. The molecule has 4 nitrogen and oxygen atoms in total. The lowest BCUT2D eigenvalue weighted by Gasteiger charge is -2.22. The van der Waals surface area contributed by atoms with Crippen molar-refractivity contribution in [3.8, 4) is 5.75 Å². The van der Waals surface area contributed by atoms with E-state index in [9.17, 15) is 0 Å². The number of hydrogen-bond acceptors (Lipinski definition) is 4. The molecule has 1 aromatic heterocycles. The Hall–Kier alpha value is -1.81. The summed E-state index contributed by atoms with van der Waals surface area (Å²) in [5, 5.41) is 4.15. The second-order valence-electron chi connectivity index (χ2n) is 6.55. The molecule has 3 rings (SSSR count). The quantitative estimate of drug-likeness (QED) is 0.655. The Balaban J connectivity index is 1.60. The van der Waals surface area contributed by atoms with Crippen LogP contribution < -0.4 is 4.74 Å². The summed E-state index contributed by atoms with van der Waals surface area (Å²) < 4.78 is 11.3. The molecule has 0 amide bonds. The van der Waals surface area contributed by atoms with Crippen LogP contribution >= 0.6 is 0 Å². The number of unbranched alkanes of at least 4 members (excludes halogenated alkanes) is 1. The van der Waals surface area contributed by atoms with Gasteiger partial charge in [-0.25, -0.2) is 0 Å². The molecule has 0 unspecified atom stereocenters. The van der Waals surface area contributed by atoms with E-state index < -0.39 is 0 Å². The van der Waals surface area contributed by atoms with Gasteiger partial charge in [-0.05, 0) is 49.9 Å². The number of benzene rings is 1. The Kier molecular flexibility index (Phi) is 5.91. The van der Waals surface area contributed by atoms with Crippen molar-refractivity contribution >= 4 is 0 Å². The number of aromatic nitrogens is 1. The summed E-state index contributed by atoms with van der Waals surface area (Å²) in [7, 11) is 0. The standard InChI is InChI=1S/C20H28N2O2/c1-3-5-13-23-18-10-8-16(9-11-18)15-22-12-6-7-19(22)20-14-17(4-2)21-24-20/h8-11,14,19H,3-7,12-13,15H2,1-2H3/t19-/m0/s1. The molecule has 0 saturated carbocycles. The van der Waals surface area contributed by atoms with Gasteiger partial charge in [0.1, 0.15) is 5.75 Å². The van der Waals surface area contributed by atoms with Crippen molar-refractivity contribution in [3.63, 3.8) is 0 Å². The predicted molar refractivity (Wildman–Crippen MR) is 95.1 cm³/mol. The van der Waals surface area contributed by atoms with Gasteiger partial charge in [-0.2, -0.15) is 0 Å². The summed E-state index contributed by atoms with van der Waals surface area (Å²) in [5.41, 5.74) is 2.37. The van der Waals surface area contributed by atoms with Crippen LogP contribution in [0, 0.1) is 0 Å². The fourth-order valence-electron chi connectivity index (χ4n) is 3.25. The molecule has 130 valence electrons. The first-order valence-electron chi connectivity index (χ1n) is 9.21. The molecule has 2 heterocycles. The van der Waals surface area contributed by atoms with E-state index >= 15 is 0 Å². The first-order valence-corrected chi connectivity index (χ1v) is 9.21. The molecule has 0 radical (unpaired) electrons. The lowest BCUT2D eigenvalue weighted by Crippen LogP contribution is -2.22. The third kappa shape index (κ3) is 4.18. The number of hydrogen-bond donors (Lipinski definition) is 0. The van der Waals surface area contributed by atoms with Crippen molar-refractivity contribution in [3.05, 3.63) is 47.3 Å². The molecule has 2 aromatic rings. The Morgan fingerprint density at radius 1 is 1.25 bits per heavy atom. The van der Waals surface area contributed by atoms with Crippen LogP contribution in [0.2, 0.25) is 0 Å². The molecule has 0 bridgehead atoms. The number of ether oxygens (including phenoxy) is 1. The molecule has 0 N–H and O–H groups in total. The molecule has 4 heteroatoms. The van der Waals surface area contributed by atoms with Crippen molar-refractivity contribution in [2.45, 2.75) is 58.5 Å². The fourth-order valence-corrected chi connectivity index (χ4v) is 3.25. The Bertz CT molecular complexity index is 621. The van der Waals surface area contributed by atoms with Crippen LogP contribution in [0.1, 0.15) is 62.6 Å². The third-order valence-corrected chi connectivity index (χ3v) is 4.71. The maximum absolute atomic E-state index is 5.74. The van der Waals surface area contributed by atoms with E-state index in [0.717, 1.165) is 62.6 Å². The van der Waals surface area contributed by atoms with E-state index in [-0.39, 0.29) is 0 Å². The van der Waals surface area contributed by atoms with Crippen LogP contribution in [0.15, 0.2) is 34.9 Å². The Morgan fingerprint density at radius 3 is 2.79 bits per heavy atom. The minimum absolute atomic E-state index is 0.360. The fraction of sp³-hybridized carbons (Fsp3) is 0.550. The van der Waals surface area contributed by atoms with Gasteiger partial charge in [0.25, 0.3) is 0 Å². The molecular formula is C20H28N2O2. The highest BCUT2D eigenvalue weighted by Crippen LogP contribution is 2.33. The van der Waals surface area contributed by atoms with Gasteiger partial charge in [0.15, 0.2) is 5.76 Å². The van der Waals surface area contributed by atoms with E-state index in [0.29, 0.717) is 6.04 Å². The normalized spacial score (nSPS) is 18.2. The molecule has 1 aliphatic rings. The summed E-state index contributed by atoms with van der Waals surface area (Å²) in [4.78, 5) is 2.49.